The van der Waals surface area contributed by atoms with Crippen molar-refractivity contribution in [1.29, 1.82) is 0 Å². The number of aliphatic hydroxyl groups is 2. The molecule has 0 bridgehead atoms. The van der Waals surface area contributed by atoms with E-state index in [-0.39, 0.29) is 18.1 Å². The lowest BCUT2D eigenvalue weighted by Gasteiger charge is -2.34. The summed E-state index contributed by atoms with van der Waals surface area (Å²) >= 11 is 0. The smallest absolute Gasteiger partial charge is 0.160 e. The van der Waals surface area contributed by atoms with Crippen LogP contribution in [0.4, 0.5) is 0 Å². The fourth-order valence-electron chi connectivity index (χ4n) is 2.37. The van der Waals surface area contributed by atoms with Crippen molar-refractivity contribution in [3.8, 4) is 0 Å². The molecule has 0 aromatic carbocycles. The highest BCUT2D eigenvalue weighted by Gasteiger charge is 2.30. The maximum atomic E-state index is 9.71. The Balaban J connectivity index is 2.47. The van der Waals surface area contributed by atoms with Gasteiger partial charge in [-0.15, -0.1) is 0 Å². The second kappa shape index (κ2) is 7.31. The van der Waals surface area contributed by atoms with Crippen molar-refractivity contribution in [2.45, 2.75) is 58.5 Å². The SMILES string of the molecule is CCC(C(C)CC(O)[C@@H](C)O)C1OCCCO1. The number of hydrogen-bond acceptors (Lipinski definition) is 4. The second-order valence-electron chi connectivity index (χ2n) is 5.06. The van der Waals surface area contributed by atoms with E-state index in [2.05, 4.69) is 13.8 Å². The minimum absolute atomic E-state index is 0.148. The first-order valence-electron chi connectivity index (χ1n) is 6.65. The molecule has 1 saturated heterocycles. The van der Waals surface area contributed by atoms with Gasteiger partial charge in [-0.05, 0) is 32.1 Å². The maximum absolute atomic E-state index is 9.71. The summed E-state index contributed by atoms with van der Waals surface area (Å²) in [6, 6.07) is 0. The van der Waals surface area contributed by atoms with Gasteiger partial charge in [-0.25, -0.2) is 0 Å². The third kappa shape index (κ3) is 4.54. The van der Waals surface area contributed by atoms with Gasteiger partial charge in [0, 0.05) is 5.92 Å². The normalized spacial score (nSPS) is 25.2. The van der Waals surface area contributed by atoms with Gasteiger partial charge < -0.3 is 19.7 Å². The third-order valence-electron chi connectivity index (χ3n) is 3.57. The van der Waals surface area contributed by atoms with E-state index in [0.29, 0.717) is 6.42 Å². The number of aliphatic hydroxyl groups excluding tert-OH is 2. The molecular formula is C13H26O4. The molecule has 0 aromatic heterocycles. The summed E-state index contributed by atoms with van der Waals surface area (Å²) in [6.45, 7) is 7.32. The first-order chi connectivity index (χ1) is 8.06. The standard InChI is InChI=1S/C13H26O4/c1-4-11(13-16-6-5-7-17-13)9(2)8-12(15)10(3)14/h9-15H,4-8H2,1-3H3/t9?,10-,11?,12?/m1/s1. The minimum Gasteiger partial charge on any atom is -0.391 e. The van der Waals surface area contributed by atoms with Crippen LogP contribution in [0.5, 0.6) is 0 Å². The monoisotopic (exact) mass is 246 g/mol. The van der Waals surface area contributed by atoms with Crippen LogP contribution in [0.1, 0.15) is 40.0 Å². The van der Waals surface area contributed by atoms with Crippen LogP contribution in [0.25, 0.3) is 0 Å². The lowest BCUT2D eigenvalue weighted by Crippen LogP contribution is -2.37. The summed E-state index contributed by atoms with van der Waals surface area (Å²) in [5.41, 5.74) is 0. The fraction of sp³-hybridized carbons (Fsp3) is 1.00. The summed E-state index contributed by atoms with van der Waals surface area (Å²) in [5.74, 6) is 0.552. The van der Waals surface area contributed by atoms with E-state index in [1.54, 1.807) is 6.92 Å². The van der Waals surface area contributed by atoms with Crippen molar-refractivity contribution < 1.29 is 19.7 Å². The molecule has 1 aliphatic rings. The molecule has 1 aliphatic heterocycles. The quantitative estimate of drug-likeness (QED) is 0.746. The number of ether oxygens (including phenoxy) is 2. The molecule has 102 valence electrons. The molecule has 4 heteroatoms. The first kappa shape index (κ1) is 14.9. The van der Waals surface area contributed by atoms with Gasteiger partial charge in [0.15, 0.2) is 6.29 Å². The van der Waals surface area contributed by atoms with E-state index in [1.165, 1.54) is 0 Å². The highest BCUT2D eigenvalue weighted by molar-refractivity contribution is 4.75. The average molecular weight is 246 g/mol. The summed E-state index contributed by atoms with van der Waals surface area (Å²) in [4.78, 5) is 0. The highest BCUT2D eigenvalue weighted by Crippen LogP contribution is 2.28. The molecule has 0 aliphatic carbocycles. The topological polar surface area (TPSA) is 58.9 Å². The van der Waals surface area contributed by atoms with Gasteiger partial charge in [0.1, 0.15) is 0 Å². The van der Waals surface area contributed by atoms with Gasteiger partial charge in [0.05, 0.1) is 25.4 Å². The average Bonchev–Trinajstić information content (AvgIpc) is 2.31. The zero-order valence-electron chi connectivity index (χ0n) is 11.1. The highest BCUT2D eigenvalue weighted by atomic mass is 16.7. The Labute approximate surface area is 104 Å². The van der Waals surface area contributed by atoms with Crippen molar-refractivity contribution in [3.05, 3.63) is 0 Å². The summed E-state index contributed by atoms with van der Waals surface area (Å²) in [6.07, 6.45) is 1.01. The van der Waals surface area contributed by atoms with Gasteiger partial charge >= 0.3 is 0 Å². The lowest BCUT2D eigenvalue weighted by molar-refractivity contribution is -0.215. The fourth-order valence-corrected chi connectivity index (χ4v) is 2.37. The van der Waals surface area contributed by atoms with Crippen LogP contribution < -0.4 is 0 Å². The zero-order chi connectivity index (χ0) is 12.8. The Bertz CT molecular complexity index is 202. The summed E-state index contributed by atoms with van der Waals surface area (Å²) < 4.78 is 11.3. The van der Waals surface area contributed by atoms with Crippen LogP contribution in [-0.4, -0.2) is 41.9 Å². The molecule has 3 unspecified atom stereocenters. The van der Waals surface area contributed by atoms with Crippen LogP contribution in [0.3, 0.4) is 0 Å². The van der Waals surface area contributed by atoms with E-state index in [0.717, 1.165) is 26.1 Å². The van der Waals surface area contributed by atoms with Crippen LogP contribution in [0, 0.1) is 11.8 Å². The predicted octanol–water partition coefficient (Wildman–Crippen LogP) is 1.54. The number of rotatable bonds is 6. The maximum Gasteiger partial charge on any atom is 0.160 e. The molecule has 4 atom stereocenters. The van der Waals surface area contributed by atoms with Crippen molar-refractivity contribution in [3.63, 3.8) is 0 Å². The Morgan fingerprint density at radius 1 is 1.18 bits per heavy atom. The molecule has 0 aromatic rings. The first-order valence-corrected chi connectivity index (χ1v) is 6.65. The third-order valence-corrected chi connectivity index (χ3v) is 3.57. The van der Waals surface area contributed by atoms with Crippen LogP contribution in [0.15, 0.2) is 0 Å². The van der Waals surface area contributed by atoms with Gasteiger partial charge in [-0.2, -0.15) is 0 Å². The Morgan fingerprint density at radius 2 is 1.76 bits per heavy atom. The molecular weight excluding hydrogens is 220 g/mol. The van der Waals surface area contributed by atoms with Gasteiger partial charge in [-0.1, -0.05) is 13.8 Å². The van der Waals surface area contributed by atoms with Gasteiger partial charge in [0.25, 0.3) is 0 Å². The van der Waals surface area contributed by atoms with E-state index < -0.39 is 12.2 Å². The largest absolute Gasteiger partial charge is 0.391 e. The second-order valence-corrected chi connectivity index (χ2v) is 5.06. The van der Waals surface area contributed by atoms with Crippen LogP contribution in [-0.2, 0) is 9.47 Å². The van der Waals surface area contributed by atoms with E-state index in [9.17, 15) is 10.2 Å². The van der Waals surface area contributed by atoms with Crippen LogP contribution in [0.2, 0.25) is 0 Å². The molecule has 2 N–H and O–H groups in total. The molecule has 17 heavy (non-hydrogen) atoms. The van der Waals surface area contributed by atoms with Crippen molar-refractivity contribution in [1.82, 2.24) is 0 Å². The molecule has 1 heterocycles. The molecule has 1 rings (SSSR count). The molecule has 0 saturated carbocycles. The van der Waals surface area contributed by atoms with Crippen LogP contribution >= 0.6 is 0 Å². The van der Waals surface area contributed by atoms with Gasteiger partial charge in [-0.3, -0.25) is 0 Å². The Kier molecular flexibility index (Phi) is 6.41. The summed E-state index contributed by atoms with van der Waals surface area (Å²) in [7, 11) is 0. The van der Waals surface area contributed by atoms with E-state index >= 15 is 0 Å². The van der Waals surface area contributed by atoms with E-state index in [1.807, 2.05) is 0 Å². The Morgan fingerprint density at radius 3 is 2.24 bits per heavy atom. The van der Waals surface area contributed by atoms with Crippen molar-refractivity contribution >= 4 is 0 Å². The van der Waals surface area contributed by atoms with Crippen molar-refractivity contribution in [2.75, 3.05) is 13.2 Å². The van der Waals surface area contributed by atoms with Gasteiger partial charge in [0.2, 0.25) is 0 Å². The minimum atomic E-state index is -0.678. The number of hydrogen-bond donors (Lipinski definition) is 2. The Hall–Kier alpha value is -0.160. The lowest BCUT2D eigenvalue weighted by atomic mass is 9.85. The molecule has 4 nitrogen and oxygen atoms in total. The molecule has 0 amide bonds. The molecule has 0 radical (unpaired) electrons. The predicted molar refractivity (Wildman–Crippen MR) is 65.6 cm³/mol. The van der Waals surface area contributed by atoms with E-state index in [4.69, 9.17) is 9.47 Å². The molecule has 0 spiro atoms. The zero-order valence-corrected chi connectivity index (χ0v) is 11.1. The molecule has 1 fully saturated rings. The summed E-state index contributed by atoms with van der Waals surface area (Å²) in [5, 5.41) is 19.0. The van der Waals surface area contributed by atoms with Crippen molar-refractivity contribution in [2.24, 2.45) is 11.8 Å².